The van der Waals surface area contributed by atoms with Crippen molar-refractivity contribution in [3.05, 3.63) is 0 Å². The van der Waals surface area contributed by atoms with Crippen molar-refractivity contribution in [2.45, 2.75) is 103 Å². The van der Waals surface area contributed by atoms with Gasteiger partial charge in [-0.25, -0.2) is 0 Å². The molecule has 22 heavy (non-hydrogen) atoms. The summed E-state index contributed by atoms with van der Waals surface area (Å²) in [6.45, 7) is 5.32. The van der Waals surface area contributed by atoms with E-state index >= 15 is 0 Å². The molecule has 0 saturated heterocycles. The molecule has 1 unspecified atom stereocenters. The third-order valence-corrected chi connectivity index (χ3v) is 5.28. The molecule has 3 heteroatoms. The Morgan fingerprint density at radius 1 is 0.864 bits per heavy atom. The summed E-state index contributed by atoms with van der Waals surface area (Å²) in [6.07, 6.45) is 18.6. The molecule has 0 aromatic rings. The number of unbranched alkanes of at least 4 members (excludes halogenated alkanes) is 9. The van der Waals surface area contributed by atoms with Crippen LogP contribution >= 0.6 is 11.8 Å². The van der Waals surface area contributed by atoms with Gasteiger partial charge >= 0.3 is 0 Å². The molecule has 0 radical (unpaired) electrons. The lowest BCUT2D eigenvalue weighted by Gasteiger charge is -2.13. The van der Waals surface area contributed by atoms with Gasteiger partial charge in [-0.1, -0.05) is 78.1 Å². The van der Waals surface area contributed by atoms with Crippen LogP contribution in [0.2, 0.25) is 0 Å². The van der Waals surface area contributed by atoms with E-state index in [0.717, 1.165) is 25.8 Å². The van der Waals surface area contributed by atoms with Crippen LogP contribution in [0.5, 0.6) is 0 Å². The molecule has 0 heterocycles. The Bertz CT molecular complexity index is 246. The summed E-state index contributed by atoms with van der Waals surface area (Å²) in [7, 11) is 0. The fraction of sp³-hybridized carbons (Fsp3) is 0.947. The van der Waals surface area contributed by atoms with E-state index in [1.165, 1.54) is 57.8 Å². The van der Waals surface area contributed by atoms with E-state index in [4.69, 9.17) is 0 Å². The maximum atomic E-state index is 11.8. The van der Waals surface area contributed by atoms with Gasteiger partial charge in [0.1, 0.15) is 0 Å². The van der Waals surface area contributed by atoms with Crippen LogP contribution in [0.15, 0.2) is 0 Å². The smallest absolute Gasteiger partial charge is 0.221 e. The van der Waals surface area contributed by atoms with Crippen molar-refractivity contribution in [2.24, 2.45) is 0 Å². The van der Waals surface area contributed by atoms with E-state index in [0.29, 0.717) is 11.7 Å². The van der Waals surface area contributed by atoms with Crippen molar-refractivity contribution in [3.8, 4) is 0 Å². The summed E-state index contributed by atoms with van der Waals surface area (Å²) in [6, 6.07) is 0. The normalized spacial score (nSPS) is 12.3. The van der Waals surface area contributed by atoms with Gasteiger partial charge in [0, 0.05) is 18.2 Å². The highest BCUT2D eigenvalue weighted by Gasteiger charge is 2.11. The molecule has 0 aromatic heterocycles. The minimum Gasteiger partial charge on any atom is -0.356 e. The quantitative estimate of drug-likeness (QED) is 0.355. The number of carbonyl (C=O) groups excluding carboxylic acids is 1. The minimum atomic E-state index is 0.240. The van der Waals surface area contributed by atoms with E-state index in [-0.39, 0.29) is 5.91 Å². The van der Waals surface area contributed by atoms with Crippen LogP contribution in [-0.2, 0) is 4.79 Å². The average Bonchev–Trinajstić information content (AvgIpc) is 2.52. The monoisotopic (exact) mass is 329 g/mol. The highest BCUT2D eigenvalue weighted by Crippen LogP contribution is 2.16. The number of carbonyl (C=O) groups is 1. The third-order valence-electron chi connectivity index (χ3n) is 4.21. The fourth-order valence-corrected chi connectivity index (χ4v) is 3.53. The molecule has 1 atom stereocenters. The molecule has 2 nitrogen and oxygen atoms in total. The molecule has 0 saturated carbocycles. The topological polar surface area (TPSA) is 29.1 Å². The molecular formula is C19H39NOS. The Morgan fingerprint density at radius 3 is 1.91 bits per heavy atom. The second-order valence-corrected chi connectivity index (χ2v) is 7.52. The van der Waals surface area contributed by atoms with Crippen LogP contribution in [0.25, 0.3) is 0 Å². The summed E-state index contributed by atoms with van der Waals surface area (Å²) < 4.78 is 0. The zero-order valence-corrected chi connectivity index (χ0v) is 16.1. The maximum absolute atomic E-state index is 11.8. The first-order chi connectivity index (χ1) is 10.7. The standard InChI is InChI=1S/C19H39NOS/c1-4-6-7-8-9-10-11-12-13-14-16-20-19(21)17-18(22-3)15-5-2/h18H,4-17H2,1-3H3,(H,20,21). The van der Waals surface area contributed by atoms with Gasteiger partial charge in [-0.2, -0.15) is 11.8 Å². The first-order valence-corrected chi connectivity index (χ1v) is 10.8. The molecule has 0 rings (SSSR count). The van der Waals surface area contributed by atoms with Crippen LogP contribution in [0.3, 0.4) is 0 Å². The van der Waals surface area contributed by atoms with Gasteiger partial charge in [0.15, 0.2) is 0 Å². The predicted molar refractivity (Wildman–Crippen MR) is 102 cm³/mol. The largest absolute Gasteiger partial charge is 0.356 e. The molecule has 132 valence electrons. The zero-order valence-electron chi connectivity index (χ0n) is 15.3. The highest BCUT2D eigenvalue weighted by atomic mass is 32.2. The number of thioether (sulfide) groups is 1. The van der Waals surface area contributed by atoms with Crippen molar-refractivity contribution < 1.29 is 4.79 Å². The van der Waals surface area contributed by atoms with Crippen LogP contribution < -0.4 is 5.32 Å². The highest BCUT2D eigenvalue weighted by molar-refractivity contribution is 7.99. The summed E-state index contributed by atoms with van der Waals surface area (Å²) in [5.74, 6) is 0.240. The number of amides is 1. The van der Waals surface area contributed by atoms with Crippen molar-refractivity contribution >= 4 is 17.7 Å². The lowest BCUT2D eigenvalue weighted by Crippen LogP contribution is -2.27. The average molecular weight is 330 g/mol. The van der Waals surface area contributed by atoms with Crippen molar-refractivity contribution in [2.75, 3.05) is 12.8 Å². The first kappa shape index (κ1) is 21.8. The molecule has 0 aliphatic carbocycles. The Balaban J connectivity index is 3.29. The van der Waals surface area contributed by atoms with Crippen LogP contribution in [0.1, 0.15) is 97.3 Å². The van der Waals surface area contributed by atoms with Gasteiger partial charge in [-0.05, 0) is 19.1 Å². The molecule has 1 amide bonds. The van der Waals surface area contributed by atoms with Crippen LogP contribution in [-0.4, -0.2) is 24.0 Å². The van der Waals surface area contributed by atoms with Crippen LogP contribution in [0, 0.1) is 0 Å². The minimum absolute atomic E-state index is 0.240. The fourth-order valence-electron chi connectivity index (χ4n) is 2.74. The summed E-state index contributed by atoms with van der Waals surface area (Å²) >= 11 is 1.82. The van der Waals surface area contributed by atoms with E-state index in [9.17, 15) is 4.79 Å². The predicted octanol–water partition coefficient (Wildman–Crippen LogP) is 5.95. The molecule has 1 N–H and O–H groups in total. The van der Waals surface area contributed by atoms with Gasteiger partial charge in [-0.15, -0.1) is 0 Å². The molecule has 0 aliphatic rings. The van der Waals surface area contributed by atoms with Gasteiger partial charge in [-0.3, -0.25) is 4.79 Å². The Kier molecular flexibility index (Phi) is 17.0. The Morgan fingerprint density at radius 2 is 1.41 bits per heavy atom. The van der Waals surface area contributed by atoms with Crippen molar-refractivity contribution in [1.29, 1.82) is 0 Å². The maximum Gasteiger partial charge on any atom is 0.221 e. The van der Waals surface area contributed by atoms with E-state index in [2.05, 4.69) is 25.4 Å². The van der Waals surface area contributed by atoms with Crippen molar-refractivity contribution in [1.82, 2.24) is 5.32 Å². The zero-order chi connectivity index (χ0) is 16.5. The third kappa shape index (κ3) is 14.7. The van der Waals surface area contributed by atoms with E-state index < -0.39 is 0 Å². The molecule has 0 aromatic carbocycles. The van der Waals surface area contributed by atoms with Crippen LogP contribution in [0.4, 0.5) is 0 Å². The molecule has 0 fully saturated rings. The summed E-state index contributed by atoms with van der Waals surface area (Å²) in [5.41, 5.74) is 0. The second kappa shape index (κ2) is 17.2. The van der Waals surface area contributed by atoms with Gasteiger partial charge in [0.25, 0.3) is 0 Å². The van der Waals surface area contributed by atoms with Gasteiger partial charge in [0.2, 0.25) is 5.91 Å². The van der Waals surface area contributed by atoms with Gasteiger partial charge in [0.05, 0.1) is 0 Å². The Labute approximate surface area is 143 Å². The molecular weight excluding hydrogens is 290 g/mol. The van der Waals surface area contributed by atoms with E-state index in [1.807, 2.05) is 11.8 Å². The Hall–Kier alpha value is -0.180. The first-order valence-electron chi connectivity index (χ1n) is 9.54. The van der Waals surface area contributed by atoms with Gasteiger partial charge < -0.3 is 5.32 Å². The number of hydrogen-bond donors (Lipinski definition) is 1. The summed E-state index contributed by atoms with van der Waals surface area (Å²) in [5, 5.41) is 3.58. The SMILES string of the molecule is CCCCCCCCCCCCNC(=O)CC(CCC)SC. The van der Waals surface area contributed by atoms with E-state index in [1.54, 1.807) is 0 Å². The summed E-state index contributed by atoms with van der Waals surface area (Å²) in [4.78, 5) is 11.8. The van der Waals surface area contributed by atoms with Crippen molar-refractivity contribution in [3.63, 3.8) is 0 Å². The number of hydrogen-bond acceptors (Lipinski definition) is 2. The second-order valence-electron chi connectivity index (χ2n) is 6.38. The molecule has 0 bridgehead atoms. The molecule has 0 spiro atoms. The number of rotatable bonds is 16. The lowest BCUT2D eigenvalue weighted by atomic mass is 10.1. The number of nitrogens with one attached hydrogen (secondary N) is 1. The lowest BCUT2D eigenvalue weighted by molar-refractivity contribution is -0.121. The molecule has 0 aliphatic heterocycles.